The minimum atomic E-state index is -1.20. The Balaban J connectivity index is 1.73. The van der Waals surface area contributed by atoms with Gasteiger partial charge in [0.1, 0.15) is 22.5 Å². The molecule has 0 spiro atoms. The molecule has 3 nitrogen and oxygen atoms in total. The third-order valence-electron chi connectivity index (χ3n) is 8.12. The van der Waals surface area contributed by atoms with Gasteiger partial charge in [0.2, 0.25) is 0 Å². The highest BCUT2D eigenvalue weighted by molar-refractivity contribution is 7.84. The van der Waals surface area contributed by atoms with Crippen LogP contribution in [0.25, 0.3) is 0 Å². The lowest BCUT2D eigenvalue weighted by atomic mass is 9.73. The van der Waals surface area contributed by atoms with Crippen LogP contribution in [0.15, 0.2) is 97.1 Å². The molecule has 0 amide bonds. The minimum Gasteiger partial charge on any atom is -0.456 e. The third kappa shape index (κ3) is 5.62. The zero-order chi connectivity index (χ0) is 30.4. The molecule has 1 heterocycles. The highest BCUT2D eigenvalue weighted by Gasteiger charge is 2.43. The van der Waals surface area contributed by atoms with Crippen molar-refractivity contribution in [3.8, 4) is 11.5 Å². The standard InChI is InChI=1S/C37H44NO2PS/c1-35(2,3)34(38(9)42(39)36(4,5)6)28-22-16-23-29-32(28)40-33-30(37(29,7)8)24-17-25-31(33)41(26-18-12-10-13-19-26)27-20-14-11-15-21-27/h10-25,34H,1-9H3/t34-,42?/m1/s1. The van der Waals surface area contributed by atoms with Crippen molar-refractivity contribution >= 4 is 34.8 Å². The molecule has 42 heavy (non-hydrogen) atoms. The summed E-state index contributed by atoms with van der Waals surface area (Å²) in [6.45, 7) is 17.4. The van der Waals surface area contributed by atoms with E-state index in [1.165, 1.54) is 21.5 Å². The predicted molar refractivity (Wildman–Crippen MR) is 182 cm³/mol. The van der Waals surface area contributed by atoms with Gasteiger partial charge in [-0.1, -0.05) is 132 Å². The Morgan fingerprint density at radius 2 is 1.21 bits per heavy atom. The lowest BCUT2D eigenvalue weighted by Crippen LogP contribution is -2.42. The first-order valence-corrected chi connectivity index (χ1v) is 17.2. The third-order valence-corrected chi connectivity index (χ3v) is 12.4. The SMILES string of the molecule is CN([C@H](c1cccc2c1Oc1c(P(c3ccccc3)c3ccccc3)cccc1C2(C)C)C(C)(C)C)S(=O)C(C)(C)C. The minimum absolute atomic E-state index is 0.123. The average Bonchev–Trinajstić information content (AvgIpc) is 2.93. The van der Waals surface area contributed by atoms with Gasteiger partial charge in [0.15, 0.2) is 0 Å². The maximum Gasteiger partial charge on any atom is 0.139 e. The number of ether oxygens (including phenoxy) is 1. The Morgan fingerprint density at radius 1 is 0.714 bits per heavy atom. The summed E-state index contributed by atoms with van der Waals surface area (Å²) < 4.78 is 22.6. The lowest BCUT2D eigenvalue weighted by molar-refractivity contribution is 0.201. The van der Waals surface area contributed by atoms with E-state index in [-0.39, 0.29) is 21.6 Å². The molecule has 0 bridgehead atoms. The molecule has 220 valence electrons. The van der Waals surface area contributed by atoms with Gasteiger partial charge in [-0.05, 0) is 44.7 Å². The largest absolute Gasteiger partial charge is 0.456 e. The normalized spacial score (nSPS) is 16.0. The van der Waals surface area contributed by atoms with Crippen molar-refractivity contribution in [1.29, 1.82) is 0 Å². The highest BCUT2D eigenvalue weighted by atomic mass is 32.2. The van der Waals surface area contributed by atoms with E-state index < -0.39 is 18.9 Å². The number of benzene rings is 4. The van der Waals surface area contributed by atoms with Gasteiger partial charge in [0, 0.05) is 34.5 Å². The first kappa shape index (κ1) is 30.7. The summed E-state index contributed by atoms with van der Waals surface area (Å²) in [5.41, 5.74) is 2.96. The van der Waals surface area contributed by atoms with E-state index in [4.69, 9.17) is 4.74 Å². The summed E-state index contributed by atoms with van der Waals surface area (Å²) in [5, 5.41) is 3.80. The number of rotatable bonds is 6. The van der Waals surface area contributed by atoms with Crippen molar-refractivity contribution in [1.82, 2.24) is 4.31 Å². The Kier molecular flexibility index (Phi) is 8.31. The van der Waals surface area contributed by atoms with Gasteiger partial charge in [-0.15, -0.1) is 0 Å². The fourth-order valence-electron chi connectivity index (χ4n) is 6.24. The Hall–Kier alpha value is -2.78. The highest BCUT2D eigenvalue weighted by Crippen LogP contribution is 2.54. The first-order chi connectivity index (χ1) is 19.7. The summed E-state index contributed by atoms with van der Waals surface area (Å²) in [4.78, 5) is 0. The van der Waals surface area contributed by atoms with Crippen LogP contribution in [-0.2, 0) is 16.4 Å². The Bertz CT molecular complexity index is 1550. The molecular weight excluding hydrogens is 553 g/mol. The van der Waals surface area contributed by atoms with E-state index in [1.54, 1.807) is 0 Å². The van der Waals surface area contributed by atoms with Crippen LogP contribution in [0.1, 0.15) is 78.1 Å². The van der Waals surface area contributed by atoms with Gasteiger partial charge in [-0.2, -0.15) is 0 Å². The van der Waals surface area contributed by atoms with Crippen LogP contribution in [0.2, 0.25) is 0 Å². The quantitative estimate of drug-likeness (QED) is 0.209. The number of nitrogens with zero attached hydrogens (tertiary/aromatic N) is 1. The molecule has 0 saturated carbocycles. The van der Waals surface area contributed by atoms with Crippen molar-refractivity contribution in [3.05, 3.63) is 114 Å². The number of hydrogen-bond donors (Lipinski definition) is 0. The summed E-state index contributed by atoms with van der Waals surface area (Å²) in [7, 11) is -0.0719. The molecule has 0 fully saturated rings. The molecular formula is C37H44NO2PS. The summed E-state index contributed by atoms with van der Waals surface area (Å²) in [6, 6.07) is 34.6. The number of hydrogen-bond acceptors (Lipinski definition) is 2. The molecule has 1 aliphatic heterocycles. The second kappa shape index (κ2) is 11.4. The fourth-order valence-corrected chi connectivity index (χ4v) is 10.1. The Morgan fingerprint density at radius 3 is 1.71 bits per heavy atom. The smallest absolute Gasteiger partial charge is 0.139 e. The van der Waals surface area contributed by atoms with Crippen molar-refractivity contribution in [2.24, 2.45) is 5.41 Å². The van der Waals surface area contributed by atoms with Crippen molar-refractivity contribution in [2.75, 3.05) is 7.05 Å². The summed E-state index contributed by atoms with van der Waals surface area (Å²) in [5.74, 6) is 1.85. The maximum absolute atomic E-state index is 13.8. The molecule has 0 saturated heterocycles. The zero-order valence-electron chi connectivity index (χ0n) is 26.4. The van der Waals surface area contributed by atoms with Crippen LogP contribution in [0, 0.1) is 5.41 Å². The Labute approximate surface area is 256 Å². The van der Waals surface area contributed by atoms with E-state index in [0.29, 0.717) is 0 Å². The number of para-hydroxylation sites is 2. The molecule has 1 aliphatic rings. The summed E-state index contributed by atoms with van der Waals surface area (Å²) >= 11 is 0. The molecule has 0 N–H and O–H groups in total. The predicted octanol–water partition coefficient (Wildman–Crippen LogP) is 8.36. The van der Waals surface area contributed by atoms with Gasteiger partial charge >= 0.3 is 0 Å². The average molecular weight is 598 g/mol. The molecule has 0 radical (unpaired) electrons. The van der Waals surface area contributed by atoms with Gasteiger partial charge in [0.05, 0.1) is 10.8 Å². The van der Waals surface area contributed by atoms with E-state index in [9.17, 15) is 4.21 Å². The van der Waals surface area contributed by atoms with Crippen LogP contribution in [0.5, 0.6) is 11.5 Å². The van der Waals surface area contributed by atoms with E-state index >= 15 is 0 Å². The molecule has 5 rings (SSSR count). The fraction of sp³-hybridized carbons (Fsp3) is 0.351. The molecule has 5 heteroatoms. The van der Waals surface area contributed by atoms with Crippen LogP contribution in [-0.4, -0.2) is 20.3 Å². The van der Waals surface area contributed by atoms with Crippen LogP contribution >= 0.6 is 7.92 Å². The maximum atomic E-state index is 13.8. The van der Waals surface area contributed by atoms with Crippen molar-refractivity contribution in [2.45, 2.75) is 71.6 Å². The van der Waals surface area contributed by atoms with Gasteiger partial charge < -0.3 is 4.74 Å². The molecule has 2 atom stereocenters. The second-order valence-corrected chi connectivity index (χ2v) is 18.3. The molecule has 4 aromatic carbocycles. The second-order valence-electron chi connectivity index (χ2n) is 13.8. The van der Waals surface area contributed by atoms with Gasteiger partial charge in [0.25, 0.3) is 0 Å². The van der Waals surface area contributed by atoms with Gasteiger partial charge in [-0.3, -0.25) is 0 Å². The first-order valence-electron chi connectivity index (χ1n) is 14.7. The molecule has 1 unspecified atom stereocenters. The monoisotopic (exact) mass is 597 g/mol. The molecule has 4 aromatic rings. The van der Waals surface area contributed by atoms with Crippen molar-refractivity contribution < 1.29 is 8.95 Å². The molecule has 0 aromatic heterocycles. The van der Waals surface area contributed by atoms with E-state index in [0.717, 1.165) is 22.6 Å². The van der Waals surface area contributed by atoms with E-state index in [2.05, 4.69) is 132 Å². The van der Waals surface area contributed by atoms with Crippen LogP contribution in [0.3, 0.4) is 0 Å². The number of fused-ring (bicyclic) bond motifs is 2. The zero-order valence-corrected chi connectivity index (χ0v) is 28.1. The topological polar surface area (TPSA) is 29.5 Å². The lowest BCUT2D eigenvalue weighted by Gasteiger charge is -2.43. The van der Waals surface area contributed by atoms with Crippen molar-refractivity contribution in [3.63, 3.8) is 0 Å². The van der Waals surface area contributed by atoms with Crippen LogP contribution < -0.4 is 20.7 Å². The van der Waals surface area contributed by atoms with Crippen LogP contribution in [0.4, 0.5) is 0 Å². The van der Waals surface area contributed by atoms with E-state index in [1.807, 2.05) is 32.1 Å². The molecule has 0 aliphatic carbocycles. The summed E-state index contributed by atoms with van der Waals surface area (Å²) in [6.07, 6.45) is 0. The van der Waals surface area contributed by atoms with Gasteiger partial charge in [-0.25, -0.2) is 8.51 Å².